The molecule has 1 amide bonds. The molecule has 0 radical (unpaired) electrons. The molecule has 0 fully saturated rings. The Bertz CT molecular complexity index is 1120. The smallest absolute Gasteiger partial charge is 0.235 e. The third kappa shape index (κ3) is 11.2. The Balaban J connectivity index is 0. The van der Waals surface area contributed by atoms with Gasteiger partial charge in [-0.25, -0.2) is 8.51 Å². The first-order chi connectivity index (χ1) is 18.2. The predicted molar refractivity (Wildman–Crippen MR) is 163 cm³/mol. The molecule has 38 heavy (non-hydrogen) atoms. The third-order valence-corrected chi connectivity index (χ3v) is 6.56. The van der Waals surface area contributed by atoms with E-state index in [0.717, 1.165) is 23.6 Å². The van der Waals surface area contributed by atoms with Gasteiger partial charge in [0, 0.05) is 25.9 Å². The molecular weight excluding hydrogens is 500 g/mol. The monoisotopic (exact) mass is 548 g/mol. The molecule has 0 saturated carbocycles. The van der Waals surface area contributed by atoms with Crippen LogP contribution in [0.3, 0.4) is 0 Å². The van der Waals surface area contributed by atoms with Gasteiger partial charge in [-0.3, -0.25) is 14.2 Å². The summed E-state index contributed by atoms with van der Waals surface area (Å²) >= 11 is 0. The maximum Gasteiger partial charge on any atom is 0.235 e. The molecule has 214 valence electrons. The molecule has 0 aliphatic heterocycles. The van der Waals surface area contributed by atoms with E-state index in [0.29, 0.717) is 34.3 Å². The van der Waals surface area contributed by atoms with Crippen molar-refractivity contribution < 1.29 is 23.3 Å². The van der Waals surface area contributed by atoms with Crippen LogP contribution < -0.4 is 14.9 Å². The fourth-order valence-electron chi connectivity index (χ4n) is 3.00. The van der Waals surface area contributed by atoms with Gasteiger partial charge < -0.3 is 9.47 Å². The number of benzene rings is 1. The van der Waals surface area contributed by atoms with Gasteiger partial charge in [-0.2, -0.15) is 0 Å². The quantitative estimate of drug-likeness (QED) is 0.307. The molecule has 1 heterocycles. The maximum absolute atomic E-state index is 12.2. The van der Waals surface area contributed by atoms with Crippen LogP contribution in [-0.2, 0) is 30.0 Å². The number of anilines is 1. The van der Waals surface area contributed by atoms with Crippen molar-refractivity contribution in [1.82, 2.24) is 4.57 Å². The summed E-state index contributed by atoms with van der Waals surface area (Å²) < 4.78 is 24.9. The average molecular weight is 549 g/mol. The molecule has 0 bridgehead atoms. The molecule has 1 aromatic carbocycles. The fourth-order valence-corrected chi connectivity index (χ4v) is 3.90. The number of nitrogens with zero attached hydrogens (tertiary/aromatic N) is 2. The Kier molecular flexibility index (Phi) is 20.6. The van der Waals surface area contributed by atoms with Gasteiger partial charge in [-0.15, -0.1) is 0 Å². The zero-order valence-corrected chi connectivity index (χ0v) is 26.0. The van der Waals surface area contributed by atoms with Crippen molar-refractivity contribution in [3.63, 3.8) is 0 Å². The van der Waals surface area contributed by atoms with Crippen LogP contribution in [0, 0.1) is 0 Å². The van der Waals surface area contributed by atoms with E-state index in [2.05, 4.69) is 20.4 Å². The number of allylic oxidation sites excluding steroid dienone is 1. The SMILES string of the molecule is C=C(/C=c1\c(=C/C)cc(-c2ccc(N(C(C)=O)S(=O)CC)cc2)n1C=O)OC.CC.CC.CCC(C)OC. The van der Waals surface area contributed by atoms with Gasteiger partial charge in [-0.1, -0.05) is 66.3 Å². The van der Waals surface area contributed by atoms with Crippen molar-refractivity contribution in [2.45, 2.75) is 74.8 Å². The van der Waals surface area contributed by atoms with Crippen LogP contribution in [0.15, 0.2) is 42.7 Å². The summed E-state index contributed by atoms with van der Waals surface area (Å²) in [6, 6.07) is 8.92. The Morgan fingerprint density at radius 2 is 1.68 bits per heavy atom. The van der Waals surface area contributed by atoms with E-state index in [-0.39, 0.29) is 5.91 Å². The number of carbonyl (C=O) groups excluding carboxylic acids is 2. The number of methoxy groups -OCH3 is 2. The number of rotatable bonds is 9. The molecule has 2 aromatic rings. The molecule has 2 rings (SSSR count). The first-order valence-corrected chi connectivity index (χ1v) is 14.4. The molecular formula is C30H48N2O5S. The van der Waals surface area contributed by atoms with E-state index in [4.69, 9.17) is 9.47 Å². The molecule has 0 aliphatic rings. The first-order valence-electron chi connectivity index (χ1n) is 13.1. The van der Waals surface area contributed by atoms with Crippen LogP contribution in [0.2, 0.25) is 0 Å². The number of hydrogen-bond acceptors (Lipinski definition) is 5. The molecule has 2 unspecified atom stereocenters. The highest BCUT2D eigenvalue weighted by Crippen LogP contribution is 2.23. The molecule has 0 saturated heterocycles. The minimum atomic E-state index is -1.42. The lowest BCUT2D eigenvalue weighted by Gasteiger charge is -2.19. The van der Waals surface area contributed by atoms with Crippen molar-refractivity contribution in [3.8, 4) is 11.3 Å². The lowest BCUT2D eigenvalue weighted by Crippen LogP contribution is -2.31. The lowest BCUT2D eigenvalue weighted by atomic mass is 10.1. The summed E-state index contributed by atoms with van der Waals surface area (Å²) in [5, 5.41) is 1.53. The lowest BCUT2D eigenvalue weighted by molar-refractivity contribution is -0.115. The zero-order valence-electron chi connectivity index (χ0n) is 25.2. The summed E-state index contributed by atoms with van der Waals surface area (Å²) in [6.45, 7) is 21.0. The normalized spacial score (nSPS) is 12.4. The van der Waals surface area contributed by atoms with Gasteiger partial charge in [0.2, 0.25) is 12.3 Å². The Morgan fingerprint density at radius 1 is 1.13 bits per heavy atom. The van der Waals surface area contributed by atoms with Gasteiger partial charge in [0.1, 0.15) is 16.7 Å². The second-order valence-corrected chi connectivity index (χ2v) is 8.96. The summed E-state index contributed by atoms with van der Waals surface area (Å²) in [5.41, 5.74) is 2.02. The molecule has 1 aromatic heterocycles. The fraction of sp³-hybridized carbons (Fsp3) is 0.467. The van der Waals surface area contributed by atoms with Crippen molar-refractivity contribution in [3.05, 3.63) is 53.2 Å². The third-order valence-electron chi connectivity index (χ3n) is 5.19. The Hall–Kier alpha value is -2.97. The van der Waals surface area contributed by atoms with Crippen LogP contribution in [-0.4, -0.2) is 47.2 Å². The number of ether oxygens (including phenoxy) is 2. The van der Waals surface area contributed by atoms with E-state index in [9.17, 15) is 13.8 Å². The Morgan fingerprint density at radius 3 is 2.03 bits per heavy atom. The molecule has 0 aliphatic carbocycles. The molecule has 0 spiro atoms. The van der Waals surface area contributed by atoms with Gasteiger partial charge in [0.05, 0.1) is 29.9 Å². The molecule has 2 atom stereocenters. The molecule has 0 N–H and O–H groups in total. The van der Waals surface area contributed by atoms with Crippen molar-refractivity contribution >= 4 is 41.1 Å². The number of aromatic nitrogens is 1. The second kappa shape index (κ2) is 21.0. The van der Waals surface area contributed by atoms with E-state index in [1.165, 1.54) is 22.9 Å². The highest BCUT2D eigenvalue weighted by Gasteiger charge is 2.17. The van der Waals surface area contributed by atoms with Crippen molar-refractivity contribution in [2.75, 3.05) is 24.3 Å². The van der Waals surface area contributed by atoms with Gasteiger partial charge in [-0.05, 0) is 49.2 Å². The number of carbonyl (C=O) groups is 2. The predicted octanol–water partition coefficient (Wildman–Crippen LogP) is 5.45. The highest BCUT2D eigenvalue weighted by atomic mass is 32.2. The standard InChI is InChI=1S/C21H24N2O4S.C5H12O.2C2H6/c1-6-17-13-21(22(14-24)20(17)12-15(3)27-5)18-8-10-19(11-9-18)23(16(4)25)28(26)7-2;1-4-5(2)6-3;2*1-2/h6,8-14H,3,7H2,1-2,4-5H3;5H,4H2,1-3H3;2*1-2H3/b17-6-,20-12+;;;. The summed E-state index contributed by atoms with van der Waals surface area (Å²) in [5.74, 6) is 0.487. The van der Waals surface area contributed by atoms with E-state index in [1.807, 2.05) is 46.8 Å². The van der Waals surface area contributed by atoms with Crippen molar-refractivity contribution in [2.24, 2.45) is 0 Å². The molecule has 8 heteroatoms. The van der Waals surface area contributed by atoms with Crippen LogP contribution in [0.4, 0.5) is 5.69 Å². The summed E-state index contributed by atoms with van der Waals surface area (Å²) in [6.07, 6.45) is 5.87. The summed E-state index contributed by atoms with van der Waals surface area (Å²) in [7, 11) is 1.82. The number of hydrogen-bond donors (Lipinski definition) is 0. The first kappa shape index (κ1) is 37.2. The largest absolute Gasteiger partial charge is 0.497 e. The topological polar surface area (TPSA) is 77.8 Å². The molecule has 7 nitrogen and oxygen atoms in total. The van der Waals surface area contributed by atoms with Crippen LogP contribution in [0.25, 0.3) is 23.4 Å². The van der Waals surface area contributed by atoms with Crippen LogP contribution in [0.1, 0.15) is 68.7 Å². The van der Waals surface area contributed by atoms with E-state index >= 15 is 0 Å². The minimum Gasteiger partial charge on any atom is -0.497 e. The maximum atomic E-state index is 12.2. The van der Waals surface area contributed by atoms with E-state index in [1.54, 1.807) is 44.4 Å². The zero-order chi connectivity index (χ0) is 29.8. The van der Waals surface area contributed by atoms with Gasteiger partial charge in [0.25, 0.3) is 0 Å². The van der Waals surface area contributed by atoms with E-state index < -0.39 is 11.0 Å². The minimum absolute atomic E-state index is 0.290. The number of amides is 1. The second-order valence-electron chi connectivity index (χ2n) is 7.37. The van der Waals surface area contributed by atoms with Gasteiger partial charge in [0.15, 0.2) is 0 Å². The van der Waals surface area contributed by atoms with Crippen molar-refractivity contribution in [1.29, 1.82) is 0 Å². The highest BCUT2D eigenvalue weighted by molar-refractivity contribution is 7.87. The van der Waals surface area contributed by atoms with Crippen LogP contribution in [0.5, 0.6) is 0 Å². The van der Waals surface area contributed by atoms with Crippen LogP contribution >= 0.6 is 0 Å². The Labute approximate surface area is 232 Å². The summed E-state index contributed by atoms with van der Waals surface area (Å²) in [4.78, 5) is 23.7. The van der Waals surface area contributed by atoms with Gasteiger partial charge >= 0.3 is 0 Å². The average Bonchev–Trinajstić information content (AvgIpc) is 3.32.